The topological polar surface area (TPSA) is 46.6 Å². The summed E-state index contributed by atoms with van der Waals surface area (Å²) in [6, 6.07) is 9.04. The van der Waals surface area contributed by atoms with E-state index in [4.69, 9.17) is 0 Å². The summed E-state index contributed by atoms with van der Waals surface area (Å²) in [5, 5.41) is 0. The molecule has 4 nitrogen and oxygen atoms in total. The van der Waals surface area contributed by atoms with Gasteiger partial charge in [0.05, 0.1) is 7.11 Å². The van der Waals surface area contributed by atoms with Gasteiger partial charge in [0.1, 0.15) is 0 Å². The second-order valence-electron chi connectivity index (χ2n) is 2.85. The fourth-order valence-corrected chi connectivity index (χ4v) is 1.20. The molecule has 0 spiro atoms. The van der Waals surface area contributed by atoms with Crippen molar-refractivity contribution in [3.05, 3.63) is 30.3 Å². The highest BCUT2D eigenvalue weighted by atomic mass is 16.5. The lowest BCUT2D eigenvalue weighted by atomic mass is 10.3. The lowest BCUT2D eigenvalue weighted by molar-refractivity contribution is 0.179. The van der Waals surface area contributed by atoms with Crippen molar-refractivity contribution in [3.8, 4) is 0 Å². The van der Waals surface area contributed by atoms with Gasteiger partial charge in [0.25, 0.3) is 0 Å². The number of hydrogen-bond donors (Lipinski definition) is 0. The number of nitrogens with zero attached hydrogens (tertiary/aromatic N) is 1. The Labute approximate surface area is 88.5 Å². The molecular weight excluding hydrogens is 194 g/mol. The quantitative estimate of drug-likeness (QED) is 0.754. The number of carbonyl (C=O) groups excluding carboxylic acids is 2. The van der Waals surface area contributed by atoms with E-state index in [1.54, 1.807) is 18.4 Å². The van der Waals surface area contributed by atoms with Crippen LogP contribution >= 0.6 is 0 Å². The summed E-state index contributed by atoms with van der Waals surface area (Å²) < 4.78 is 4.62. The molecule has 0 saturated heterocycles. The molecule has 0 heterocycles. The summed E-state index contributed by atoms with van der Waals surface area (Å²) >= 11 is 0. The second kappa shape index (κ2) is 5.80. The Morgan fingerprint density at radius 3 is 2.60 bits per heavy atom. The fraction of sp³-hybridized carbons (Fsp3) is 0.273. The van der Waals surface area contributed by atoms with Gasteiger partial charge in [-0.05, 0) is 12.1 Å². The molecule has 0 saturated carbocycles. The number of carbonyl (C=O) groups is 1. The molecule has 0 aliphatic carbocycles. The molecule has 4 heteroatoms. The minimum Gasteiger partial charge on any atom is -0.452 e. The molecule has 15 heavy (non-hydrogen) atoms. The minimum atomic E-state index is -0.476. The first-order chi connectivity index (χ1) is 7.29. The van der Waals surface area contributed by atoms with Crippen LogP contribution in [0.3, 0.4) is 0 Å². The van der Waals surface area contributed by atoms with E-state index in [1.165, 1.54) is 12.0 Å². The maximum Gasteiger partial charge on any atom is 0.414 e. The summed E-state index contributed by atoms with van der Waals surface area (Å²) in [5.74, 6) is 0. The Morgan fingerprint density at radius 2 is 2.07 bits per heavy atom. The average Bonchev–Trinajstić information content (AvgIpc) is 2.30. The van der Waals surface area contributed by atoms with Crippen LogP contribution < -0.4 is 4.90 Å². The van der Waals surface area contributed by atoms with Crippen LogP contribution in [0.1, 0.15) is 6.42 Å². The van der Waals surface area contributed by atoms with E-state index < -0.39 is 6.09 Å². The molecule has 0 N–H and O–H groups in total. The lowest BCUT2D eigenvalue weighted by Gasteiger charge is -2.19. The predicted octanol–water partition coefficient (Wildman–Crippen LogP) is 1.76. The Bertz CT molecular complexity index is 324. The number of benzene rings is 1. The van der Waals surface area contributed by atoms with Crippen molar-refractivity contribution >= 4 is 18.1 Å². The standard InChI is InChI=1S/C11H12NO3/c1-15-11(14)12(8-5-9-13)10-6-3-2-4-7-10/h2-4,6-7H,5,8H2,1H3. The molecule has 1 amide bonds. The van der Waals surface area contributed by atoms with Crippen LogP contribution in [0.5, 0.6) is 0 Å². The molecule has 0 aliphatic rings. The van der Waals surface area contributed by atoms with Crippen molar-refractivity contribution < 1.29 is 14.3 Å². The van der Waals surface area contributed by atoms with Crippen molar-refractivity contribution in [1.29, 1.82) is 0 Å². The molecule has 0 unspecified atom stereocenters. The molecule has 1 aromatic rings. The van der Waals surface area contributed by atoms with Crippen LogP contribution in [0.15, 0.2) is 30.3 Å². The Kier molecular flexibility index (Phi) is 4.34. The third-order valence-corrected chi connectivity index (χ3v) is 1.90. The van der Waals surface area contributed by atoms with E-state index in [0.29, 0.717) is 5.69 Å². The molecule has 0 fully saturated rings. The zero-order valence-electron chi connectivity index (χ0n) is 8.47. The highest BCUT2D eigenvalue weighted by Gasteiger charge is 2.14. The normalized spacial score (nSPS) is 9.40. The molecule has 1 aromatic carbocycles. The summed E-state index contributed by atoms with van der Waals surface area (Å²) in [4.78, 5) is 22.9. The van der Waals surface area contributed by atoms with Gasteiger partial charge >= 0.3 is 6.09 Å². The van der Waals surface area contributed by atoms with Crippen molar-refractivity contribution in [1.82, 2.24) is 0 Å². The molecule has 0 aromatic heterocycles. The van der Waals surface area contributed by atoms with E-state index in [-0.39, 0.29) is 13.0 Å². The van der Waals surface area contributed by atoms with E-state index >= 15 is 0 Å². The zero-order valence-corrected chi connectivity index (χ0v) is 8.47. The van der Waals surface area contributed by atoms with Crippen molar-refractivity contribution in [2.45, 2.75) is 6.42 Å². The van der Waals surface area contributed by atoms with E-state index in [1.807, 2.05) is 18.2 Å². The minimum absolute atomic E-state index is 0.171. The SMILES string of the molecule is COC(=O)N(CC[C]=O)c1ccccc1. The lowest BCUT2D eigenvalue weighted by Crippen LogP contribution is -2.31. The fourth-order valence-electron chi connectivity index (χ4n) is 1.20. The highest BCUT2D eigenvalue weighted by Crippen LogP contribution is 2.14. The van der Waals surface area contributed by atoms with Crippen molar-refractivity contribution in [3.63, 3.8) is 0 Å². The zero-order chi connectivity index (χ0) is 11.1. The van der Waals surface area contributed by atoms with Gasteiger partial charge in [-0.2, -0.15) is 0 Å². The molecule has 0 aliphatic heterocycles. The monoisotopic (exact) mass is 206 g/mol. The molecule has 0 bridgehead atoms. The number of rotatable bonds is 4. The number of hydrogen-bond acceptors (Lipinski definition) is 3. The predicted molar refractivity (Wildman–Crippen MR) is 56.5 cm³/mol. The number of anilines is 1. The van der Waals surface area contributed by atoms with Gasteiger partial charge in [-0.15, -0.1) is 0 Å². The number of ether oxygens (including phenoxy) is 1. The Hall–Kier alpha value is -1.84. The second-order valence-corrected chi connectivity index (χ2v) is 2.85. The van der Waals surface area contributed by atoms with Crippen LogP contribution in [0.2, 0.25) is 0 Å². The molecular formula is C11H12NO3. The van der Waals surface area contributed by atoms with Crippen LogP contribution in [0.4, 0.5) is 10.5 Å². The van der Waals surface area contributed by atoms with Crippen molar-refractivity contribution in [2.24, 2.45) is 0 Å². The first-order valence-electron chi connectivity index (χ1n) is 4.55. The van der Waals surface area contributed by atoms with E-state index in [9.17, 15) is 9.59 Å². The van der Waals surface area contributed by atoms with Crippen LogP contribution in [-0.4, -0.2) is 26.0 Å². The largest absolute Gasteiger partial charge is 0.452 e. The number of methoxy groups -OCH3 is 1. The van der Waals surface area contributed by atoms with Gasteiger partial charge in [-0.25, -0.2) is 4.79 Å². The smallest absolute Gasteiger partial charge is 0.414 e. The van der Waals surface area contributed by atoms with Crippen LogP contribution in [-0.2, 0) is 9.53 Å². The Morgan fingerprint density at radius 1 is 1.40 bits per heavy atom. The third kappa shape index (κ3) is 3.09. The van der Waals surface area contributed by atoms with Gasteiger partial charge in [-0.1, -0.05) is 18.2 Å². The first kappa shape index (κ1) is 11.2. The molecule has 1 radical (unpaired) electrons. The molecule has 1 rings (SSSR count). The van der Waals surface area contributed by atoms with Gasteiger partial charge in [0.15, 0.2) is 6.29 Å². The summed E-state index contributed by atoms with van der Waals surface area (Å²) in [5.41, 5.74) is 0.708. The molecule has 79 valence electrons. The van der Waals surface area contributed by atoms with E-state index in [0.717, 1.165) is 0 Å². The number of para-hydroxylation sites is 1. The summed E-state index contributed by atoms with van der Waals surface area (Å²) in [6.45, 7) is 0.278. The average molecular weight is 206 g/mol. The molecule has 0 atom stereocenters. The summed E-state index contributed by atoms with van der Waals surface area (Å²) in [6.07, 6.45) is 1.44. The van der Waals surface area contributed by atoms with Gasteiger partial charge in [0.2, 0.25) is 0 Å². The first-order valence-corrected chi connectivity index (χ1v) is 4.55. The van der Waals surface area contributed by atoms with Crippen LogP contribution in [0.25, 0.3) is 0 Å². The van der Waals surface area contributed by atoms with Crippen LogP contribution in [0, 0.1) is 0 Å². The highest BCUT2D eigenvalue weighted by molar-refractivity contribution is 5.87. The third-order valence-electron chi connectivity index (χ3n) is 1.90. The number of amides is 1. The maximum absolute atomic E-state index is 11.4. The summed E-state index contributed by atoms with van der Waals surface area (Å²) in [7, 11) is 1.31. The van der Waals surface area contributed by atoms with Gasteiger partial charge in [-0.3, -0.25) is 9.69 Å². The Balaban J connectivity index is 2.81. The van der Waals surface area contributed by atoms with Gasteiger partial charge < -0.3 is 4.74 Å². The van der Waals surface area contributed by atoms with Crippen molar-refractivity contribution in [2.75, 3.05) is 18.6 Å². The van der Waals surface area contributed by atoms with Gasteiger partial charge in [0, 0.05) is 18.7 Å². The maximum atomic E-state index is 11.4. The van der Waals surface area contributed by atoms with E-state index in [2.05, 4.69) is 4.74 Å².